The number of rotatable bonds is 14. The van der Waals surface area contributed by atoms with Gasteiger partial charge in [0.25, 0.3) is 0 Å². The van der Waals surface area contributed by atoms with Crippen molar-refractivity contribution in [3.63, 3.8) is 0 Å². The molecule has 0 bridgehead atoms. The van der Waals surface area contributed by atoms with Gasteiger partial charge in [-0.2, -0.15) is 0 Å². The Labute approximate surface area is 354 Å². The van der Waals surface area contributed by atoms with Gasteiger partial charge in [0.05, 0.1) is 27.6 Å². The summed E-state index contributed by atoms with van der Waals surface area (Å²) in [5.41, 5.74) is 5.82. The maximum atomic E-state index is 11.5. The molecule has 0 saturated carbocycles. The normalized spacial score (nSPS) is 17.1. The van der Waals surface area contributed by atoms with E-state index >= 15 is 0 Å². The van der Waals surface area contributed by atoms with E-state index in [4.69, 9.17) is 45.7 Å². The van der Waals surface area contributed by atoms with E-state index < -0.39 is 8.88 Å². The molecule has 0 atom stereocenters. The molecule has 0 unspecified atom stereocenters. The molecule has 296 valence electrons. The number of nitrogens with one attached hydrogen (secondary N) is 4. The lowest BCUT2D eigenvalue weighted by Gasteiger charge is -2.40. The molecule has 5 N–H and O–H groups in total. The number of hydrogen-bond donors (Lipinski definition) is 5. The lowest BCUT2D eigenvalue weighted by atomic mass is 10.1. The van der Waals surface area contributed by atoms with Crippen LogP contribution in [0, 0.1) is 0 Å². The summed E-state index contributed by atoms with van der Waals surface area (Å²) >= 11 is 20.7. The lowest BCUT2D eigenvalue weighted by Crippen LogP contribution is -2.24. The number of fused-ring (bicyclic) bond motifs is 2. The van der Waals surface area contributed by atoms with E-state index in [1.54, 1.807) is 7.11 Å². The van der Waals surface area contributed by atoms with Crippen LogP contribution >= 0.6 is 43.1 Å². The second-order valence-corrected chi connectivity index (χ2v) is 34.9. The number of methoxy groups -OCH3 is 1. The summed E-state index contributed by atoms with van der Waals surface area (Å²) in [6.07, 6.45) is 9.47. The predicted molar refractivity (Wildman–Crippen MR) is 256 cm³/mol. The Balaban J connectivity index is 0.000000163. The number of aliphatic hydroxyl groups is 1. The molecule has 1 amide bonds. The fourth-order valence-electron chi connectivity index (χ4n) is 5.91. The van der Waals surface area contributed by atoms with E-state index in [1.807, 2.05) is 76.7 Å². The zero-order chi connectivity index (χ0) is 40.0. The summed E-state index contributed by atoms with van der Waals surface area (Å²) in [4.78, 5) is 19.0. The first kappa shape index (κ1) is 44.2. The van der Waals surface area contributed by atoms with Gasteiger partial charge in [0.15, 0.2) is 0 Å². The number of carbonyl (C=O) groups is 1. The van der Waals surface area contributed by atoms with Crippen molar-refractivity contribution in [1.82, 2.24) is 20.6 Å². The number of thiocarbonyl (C=S) groups is 1. The van der Waals surface area contributed by atoms with Crippen LogP contribution in [-0.4, -0.2) is 46.2 Å². The zero-order valence-electron chi connectivity index (χ0n) is 32.0. The Morgan fingerprint density at radius 3 is 1.70 bits per heavy atom. The Hall–Kier alpha value is -2.92. The van der Waals surface area contributed by atoms with Crippen LogP contribution in [0.15, 0.2) is 109 Å². The first-order valence-electron chi connectivity index (χ1n) is 18.7. The highest BCUT2D eigenvalue weighted by molar-refractivity contribution is 9.48. The zero-order valence-corrected chi connectivity index (χ0v) is 37.8. The number of H-pyrrole nitrogens is 2. The number of aromatic nitrogens is 2. The first-order chi connectivity index (χ1) is 27.1. The van der Waals surface area contributed by atoms with Crippen molar-refractivity contribution in [1.29, 1.82) is 0 Å². The minimum absolute atomic E-state index is 0.0628. The summed E-state index contributed by atoms with van der Waals surface area (Å²) in [6.45, 7) is 6.02. The van der Waals surface area contributed by atoms with Crippen LogP contribution in [0.4, 0.5) is 0 Å². The fourth-order valence-corrected chi connectivity index (χ4v) is 48.4. The van der Waals surface area contributed by atoms with Gasteiger partial charge in [0, 0.05) is 70.7 Å². The number of carbonyl (C=O) groups excluding carboxylic acids is 1. The summed E-state index contributed by atoms with van der Waals surface area (Å²) in [6, 6.07) is 32.6. The molecule has 1 aliphatic rings. The number of aliphatic hydroxyl groups excluding tert-OH is 1. The summed E-state index contributed by atoms with van der Waals surface area (Å²) in [5.74, 6) is 0.983. The van der Waals surface area contributed by atoms with Gasteiger partial charge in [-0.15, -0.1) is 0 Å². The maximum Gasteiger partial charge on any atom is 0.220 e. The SMILES string of the molecule is CCCNC(=O)CCc1c[nH]c2ccccc12.CCCNC(=S)CCc1c[nH]c2ccccc12.COc1ccc(P2(=S)SP(=S)(c3ccc(CO)cc3)S2)cc1. The fraction of sp³-hybridized carbons (Fsp3) is 0.286. The first-order valence-corrected chi connectivity index (χ1v) is 28.8. The Morgan fingerprint density at radius 2 is 1.20 bits per heavy atom. The molecule has 1 saturated heterocycles. The van der Waals surface area contributed by atoms with Crippen LogP contribution in [-0.2, 0) is 47.9 Å². The van der Waals surface area contributed by atoms with E-state index in [-0.39, 0.29) is 12.5 Å². The van der Waals surface area contributed by atoms with Gasteiger partial charge < -0.3 is 30.4 Å². The summed E-state index contributed by atoms with van der Waals surface area (Å²) < 4.78 is 1.84. The minimum atomic E-state index is -1.68. The maximum absolute atomic E-state index is 11.5. The number of amides is 1. The standard InChI is InChI=1S/C14H18N2O.C14H18N2S.C14H14O2P2S4/c2*1-2-9-15-14(17)8-7-11-10-16-13-6-4-3-5-12(11)13;1-16-12-4-8-14(9-5-12)18(20)21-17(19,22-18)13-6-2-11(10-15)3-7-13/h2*3-6,10,16H,2,7-9H2,1H3,(H,15,17);2-9,15H,10H2,1H3. The molecular formula is C42H50N4O3P2S5. The van der Waals surface area contributed by atoms with E-state index in [0.29, 0.717) is 6.42 Å². The van der Waals surface area contributed by atoms with Gasteiger partial charge in [-0.25, -0.2) is 0 Å². The van der Waals surface area contributed by atoms with Crippen molar-refractivity contribution < 1.29 is 14.6 Å². The predicted octanol–water partition coefficient (Wildman–Crippen LogP) is 10.3. The van der Waals surface area contributed by atoms with Gasteiger partial charge in [0.1, 0.15) is 5.75 Å². The molecule has 1 aliphatic heterocycles. The number of para-hydroxylation sites is 2. The van der Waals surface area contributed by atoms with E-state index in [2.05, 4.69) is 89.2 Å². The van der Waals surface area contributed by atoms with Crippen LogP contribution in [0.2, 0.25) is 0 Å². The Morgan fingerprint density at radius 1 is 0.714 bits per heavy atom. The molecule has 7 nitrogen and oxygen atoms in total. The van der Waals surface area contributed by atoms with Crippen molar-refractivity contribution in [2.75, 3.05) is 20.2 Å². The molecule has 0 radical (unpaired) electrons. The van der Waals surface area contributed by atoms with Crippen molar-refractivity contribution >= 4 is 110 Å². The summed E-state index contributed by atoms with van der Waals surface area (Å²) in [7, 11) is 1.66. The van der Waals surface area contributed by atoms with Crippen LogP contribution in [0.5, 0.6) is 5.75 Å². The minimum Gasteiger partial charge on any atom is -0.497 e. The molecule has 7 rings (SSSR count). The van der Waals surface area contributed by atoms with E-state index in [1.165, 1.54) is 38.0 Å². The van der Waals surface area contributed by atoms with Crippen molar-refractivity contribution in [2.45, 2.75) is 59.0 Å². The van der Waals surface area contributed by atoms with Gasteiger partial charge in [-0.1, -0.05) is 132 Å². The second-order valence-electron chi connectivity index (χ2n) is 13.1. The number of benzene rings is 4. The number of aryl methyl sites for hydroxylation is 2. The number of ether oxygens (including phenoxy) is 1. The van der Waals surface area contributed by atoms with Gasteiger partial charge >= 0.3 is 0 Å². The lowest BCUT2D eigenvalue weighted by molar-refractivity contribution is -0.121. The average molecular weight is 881 g/mol. The van der Waals surface area contributed by atoms with Gasteiger partial charge in [0.2, 0.25) is 5.91 Å². The third-order valence-corrected chi connectivity index (χ3v) is 40.6. The van der Waals surface area contributed by atoms with Gasteiger partial charge in [-0.05, 0) is 78.8 Å². The topological polar surface area (TPSA) is 102 Å². The molecule has 56 heavy (non-hydrogen) atoms. The highest BCUT2D eigenvalue weighted by atomic mass is 33.7. The molecule has 3 heterocycles. The molecule has 6 aromatic rings. The van der Waals surface area contributed by atoms with Gasteiger partial charge in [-0.3, -0.25) is 4.79 Å². The Kier molecular flexibility index (Phi) is 17.1. The van der Waals surface area contributed by atoms with Crippen molar-refractivity contribution in [2.24, 2.45) is 0 Å². The average Bonchev–Trinajstić information content (AvgIpc) is 3.84. The van der Waals surface area contributed by atoms with Crippen molar-refractivity contribution in [3.05, 3.63) is 126 Å². The summed E-state index contributed by atoms with van der Waals surface area (Å²) in [5, 5.41) is 20.2. The van der Waals surface area contributed by atoms with Crippen molar-refractivity contribution in [3.8, 4) is 5.75 Å². The Bertz CT molecular complexity index is 2120. The third-order valence-electron chi connectivity index (χ3n) is 8.99. The molecular weight excluding hydrogens is 831 g/mol. The van der Waals surface area contributed by atoms with Crippen LogP contribution in [0.3, 0.4) is 0 Å². The quantitative estimate of drug-likeness (QED) is 0.0541. The van der Waals surface area contributed by atoms with Crippen LogP contribution in [0.1, 0.15) is 56.2 Å². The smallest absolute Gasteiger partial charge is 0.220 e. The van der Waals surface area contributed by atoms with E-state index in [0.717, 1.165) is 67.0 Å². The van der Waals surface area contributed by atoms with E-state index in [9.17, 15) is 4.79 Å². The molecule has 2 aromatic heterocycles. The molecule has 0 spiro atoms. The number of aromatic amines is 2. The second kappa shape index (κ2) is 21.7. The molecule has 1 fully saturated rings. The monoisotopic (exact) mass is 880 g/mol. The molecule has 0 aliphatic carbocycles. The number of hydrogen-bond acceptors (Lipinski definition) is 8. The van der Waals surface area contributed by atoms with Crippen LogP contribution in [0.25, 0.3) is 21.8 Å². The largest absolute Gasteiger partial charge is 0.497 e. The van der Waals surface area contributed by atoms with Crippen LogP contribution < -0.4 is 26.0 Å². The molecule has 4 aromatic carbocycles. The molecule has 14 heteroatoms. The highest BCUT2D eigenvalue weighted by Gasteiger charge is 2.45. The highest BCUT2D eigenvalue weighted by Crippen LogP contribution is 3.04. The third kappa shape index (κ3) is 12.1.